The Bertz CT molecular complexity index is 1140. The highest BCUT2D eigenvalue weighted by molar-refractivity contribution is 7.78. The fourth-order valence-electron chi connectivity index (χ4n) is 3.93. The van der Waals surface area contributed by atoms with Crippen LogP contribution in [0.2, 0.25) is 0 Å². The van der Waals surface area contributed by atoms with Crippen molar-refractivity contribution in [2.45, 2.75) is 31.6 Å². The van der Waals surface area contributed by atoms with E-state index in [1.807, 2.05) is 34.1 Å². The zero-order chi connectivity index (χ0) is 36.0. The molecule has 13 nitrogen and oxygen atoms in total. The van der Waals surface area contributed by atoms with E-state index >= 15 is 0 Å². The number of rotatable bonds is 8. The van der Waals surface area contributed by atoms with E-state index in [-0.39, 0.29) is 13.1 Å². The average Bonchev–Trinajstić information content (AvgIpc) is 2.95. The summed E-state index contributed by atoms with van der Waals surface area (Å²) in [5, 5.41) is 38.4. The van der Waals surface area contributed by atoms with Gasteiger partial charge in [0.05, 0.1) is 23.9 Å². The van der Waals surface area contributed by atoms with Gasteiger partial charge in [0.2, 0.25) is 0 Å². The third-order valence-corrected chi connectivity index (χ3v) is 6.24. The lowest BCUT2D eigenvalue weighted by atomic mass is 10.1. The van der Waals surface area contributed by atoms with Gasteiger partial charge < -0.3 is 30.6 Å². The topological polar surface area (TPSA) is 183 Å². The Hall–Kier alpha value is -3.68. The molecule has 1 fully saturated rings. The quantitative estimate of drug-likeness (QED) is 0.151. The number of hydrogen-bond acceptors (Lipinski definition) is 10. The Morgan fingerprint density at radius 1 is 0.723 bits per heavy atom. The van der Waals surface area contributed by atoms with Crippen LogP contribution in [0, 0.1) is 0 Å². The number of aliphatic carboxylic acids is 4. The molecule has 1 aromatic rings. The number of carboxylic acid groups (broad SMARTS) is 4. The van der Waals surface area contributed by atoms with Crippen LogP contribution in [0.4, 0.5) is 32.0 Å². The van der Waals surface area contributed by atoms with Crippen molar-refractivity contribution in [3.63, 3.8) is 0 Å². The fraction of sp³-hybridized carbons (Fsp3) is 0.593. The zero-order valence-electron chi connectivity index (χ0n) is 25.1. The Balaban J connectivity index is 0.00000126. The molecule has 0 unspecified atom stereocenters. The maximum atomic E-state index is 11.3. The van der Waals surface area contributed by atoms with Crippen molar-refractivity contribution >= 4 is 46.9 Å². The van der Waals surface area contributed by atoms with Crippen molar-refractivity contribution in [1.29, 1.82) is 0 Å². The smallest absolute Gasteiger partial charge is 0.480 e. The summed E-state index contributed by atoms with van der Waals surface area (Å²) in [7, 11) is 0. The standard InChI is InChI=1S/C23H35N5O4S.2C2HF3O2/c29-22(30)17-27-12-2-11-26(13-7-20-3-5-21(6-4-20)25-19-33)15-16-28(18-23(31)32)10-1-8-24-9-14-27;2*3-2(4,5)1(6)7/h3-6,24H,1-2,7-18H2,(H,29,30)(H,31,32);2*(H,6,7). The second-order valence-corrected chi connectivity index (χ2v) is 10.0. The van der Waals surface area contributed by atoms with Crippen molar-refractivity contribution in [3.8, 4) is 0 Å². The zero-order valence-corrected chi connectivity index (χ0v) is 25.9. The number of aliphatic imine (C=N–C) groups is 1. The molecule has 0 radical (unpaired) electrons. The van der Waals surface area contributed by atoms with Gasteiger partial charge in [-0.2, -0.15) is 31.3 Å². The Kier molecular flexibility index (Phi) is 21.0. The highest BCUT2D eigenvalue weighted by atomic mass is 32.1. The number of alkyl halides is 6. The second kappa shape index (κ2) is 22.8. The number of thiocarbonyl (C=S) groups is 1. The van der Waals surface area contributed by atoms with Crippen LogP contribution in [0.5, 0.6) is 0 Å². The third kappa shape index (κ3) is 23.3. The molecule has 1 aliphatic heterocycles. The molecule has 0 bridgehead atoms. The van der Waals surface area contributed by atoms with Crippen LogP contribution in [0.15, 0.2) is 29.3 Å². The maximum Gasteiger partial charge on any atom is 0.490 e. The maximum absolute atomic E-state index is 11.3. The molecule has 1 saturated heterocycles. The number of nitrogens with one attached hydrogen (secondary N) is 1. The summed E-state index contributed by atoms with van der Waals surface area (Å²) >= 11 is 4.65. The minimum absolute atomic E-state index is 0.0437. The highest BCUT2D eigenvalue weighted by Gasteiger charge is 2.38. The highest BCUT2D eigenvalue weighted by Crippen LogP contribution is 2.14. The summed E-state index contributed by atoms with van der Waals surface area (Å²) in [6.07, 6.45) is -7.60. The summed E-state index contributed by atoms with van der Waals surface area (Å²) in [5.74, 6) is -7.13. The van der Waals surface area contributed by atoms with E-state index in [4.69, 9.17) is 19.8 Å². The molecule has 0 spiro atoms. The van der Waals surface area contributed by atoms with Gasteiger partial charge in [-0.3, -0.25) is 19.4 Å². The van der Waals surface area contributed by atoms with Crippen molar-refractivity contribution < 1.29 is 65.9 Å². The van der Waals surface area contributed by atoms with Crippen LogP contribution in [-0.4, -0.2) is 149 Å². The Morgan fingerprint density at radius 2 is 1.17 bits per heavy atom. The number of carboxylic acids is 4. The van der Waals surface area contributed by atoms with Gasteiger partial charge in [0.15, 0.2) is 0 Å². The Morgan fingerprint density at radius 3 is 1.64 bits per heavy atom. The molecule has 0 atom stereocenters. The molecule has 1 aliphatic rings. The van der Waals surface area contributed by atoms with Crippen LogP contribution >= 0.6 is 12.2 Å². The molecular formula is C27H37F6N5O8S. The lowest BCUT2D eigenvalue weighted by Crippen LogP contribution is -2.42. The number of nitrogens with zero attached hydrogens (tertiary/aromatic N) is 4. The van der Waals surface area contributed by atoms with Gasteiger partial charge in [0.25, 0.3) is 0 Å². The van der Waals surface area contributed by atoms with E-state index in [0.717, 1.165) is 57.7 Å². The summed E-state index contributed by atoms with van der Waals surface area (Å²) in [6, 6.07) is 7.91. The van der Waals surface area contributed by atoms with Gasteiger partial charge in [-0.15, -0.1) is 0 Å². The summed E-state index contributed by atoms with van der Waals surface area (Å²) in [6.45, 7) is 6.84. The monoisotopic (exact) mass is 705 g/mol. The number of hydrogen-bond donors (Lipinski definition) is 5. The fourth-order valence-corrected chi connectivity index (χ4v) is 4.03. The third-order valence-electron chi connectivity index (χ3n) is 6.14. The molecule has 1 aromatic carbocycles. The van der Waals surface area contributed by atoms with Gasteiger partial charge >= 0.3 is 36.2 Å². The molecule has 1 heterocycles. The minimum Gasteiger partial charge on any atom is -0.480 e. The van der Waals surface area contributed by atoms with Gasteiger partial charge in [-0.05, 0) is 68.8 Å². The van der Waals surface area contributed by atoms with Crippen molar-refractivity contribution in [1.82, 2.24) is 20.0 Å². The van der Waals surface area contributed by atoms with E-state index in [1.54, 1.807) is 0 Å². The van der Waals surface area contributed by atoms with Crippen molar-refractivity contribution in [3.05, 3.63) is 29.8 Å². The molecule has 266 valence electrons. The molecule has 0 aromatic heterocycles. The predicted molar refractivity (Wildman–Crippen MR) is 159 cm³/mol. The normalized spacial score (nSPS) is 16.1. The first kappa shape index (κ1) is 43.3. The Labute approximate surface area is 271 Å². The van der Waals surface area contributed by atoms with Crippen LogP contribution in [0.3, 0.4) is 0 Å². The van der Waals surface area contributed by atoms with E-state index in [2.05, 4.69) is 32.6 Å². The number of carbonyl (C=O) groups is 4. The molecule has 47 heavy (non-hydrogen) atoms. The van der Waals surface area contributed by atoms with Crippen molar-refractivity contribution in [2.24, 2.45) is 4.99 Å². The van der Waals surface area contributed by atoms with Gasteiger partial charge in [0, 0.05) is 39.3 Å². The number of benzene rings is 1. The van der Waals surface area contributed by atoms with E-state index in [1.165, 1.54) is 5.56 Å². The van der Waals surface area contributed by atoms with Gasteiger partial charge in [-0.1, -0.05) is 12.1 Å². The van der Waals surface area contributed by atoms with Crippen LogP contribution in [0.25, 0.3) is 0 Å². The molecule has 0 amide bonds. The lowest BCUT2D eigenvalue weighted by Gasteiger charge is -2.29. The molecule has 20 heteroatoms. The van der Waals surface area contributed by atoms with Crippen molar-refractivity contribution in [2.75, 3.05) is 72.0 Å². The SMILES string of the molecule is O=C(O)C(F)(F)F.O=C(O)C(F)(F)F.O=C(O)CN1CCCN(CCc2ccc(N=C=S)cc2)CCN(CC(=O)O)CCCNCC1. The van der Waals surface area contributed by atoms with Crippen LogP contribution in [-0.2, 0) is 25.6 Å². The number of isothiocyanates is 1. The molecular weight excluding hydrogens is 668 g/mol. The van der Waals surface area contributed by atoms with Gasteiger partial charge in [-0.25, -0.2) is 9.59 Å². The molecule has 0 aliphatic carbocycles. The van der Waals surface area contributed by atoms with E-state index in [9.17, 15) is 46.1 Å². The van der Waals surface area contributed by atoms with Gasteiger partial charge in [0.1, 0.15) is 0 Å². The predicted octanol–water partition coefficient (Wildman–Crippen LogP) is 2.69. The van der Waals surface area contributed by atoms with Crippen LogP contribution in [0.1, 0.15) is 18.4 Å². The number of halogens is 6. The minimum atomic E-state index is -5.08. The van der Waals surface area contributed by atoms with Crippen LogP contribution < -0.4 is 5.32 Å². The largest absolute Gasteiger partial charge is 0.490 e. The molecule has 0 saturated carbocycles. The molecule has 5 N–H and O–H groups in total. The molecule has 2 rings (SSSR count). The lowest BCUT2D eigenvalue weighted by molar-refractivity contribution is -0.193. The first-order chi connectivity index (χ1) is 21.8. The average molecular weight is 706 g/mol. The summed E-state index contributed by atoms with van der Waals surface area (Å²) < 4.78 is 63.5. The first-order valence-electron chi connectivity index (χ1n) is 13.9. The van der Waals surface area contributed by atoms with E-state index in [0.29, 0.717) is 26.2 Å². The summed E-state index contributed by atoms with van der Waals surface area (Å²) in [5.41, 5.74) is 1.98. The second-order valence-electron chi connectivity index (χ2n) is 9.86. The summed E-state index contributed by atoms with van der Waals surface area (Å²) in [4.78, 5) is 50.6. The van der Waals surface area contributed by atoms with E-state index < -0.39 is 36.2 Å². The first-order valence-corrected chi connectivity index (χ1v) is 14.3.